The monoisotopic (exact) mass is 612 g/mol. The van der Waals surface area contributed by atoms with Crippen molar-refractivity contribution < 1.29 is 18.7 Å². The third kappa shape index (κ3) is 5.44. The molecule has 1 fully saturated rings. The molecule has 0 saturated carbocycles. The molecule has 1 aliphatic rings. The van der Waals surface area contributed by atoms with Gasteiger partial charge >= 0.3 is 5.97 Å². The van der Waals surface area contributed by atoms with Gasteiger partial charge in [-0.05, 0) is 42.8 Å². The number of nitrogens with zero attached hydrogens (tertiary/aromatic N) is 9. The number of nitrogen functional groups attached to an aromatic ring is 1. The zero-order valence-corrected chi connectivity index (χ0v) is 25.3. The number of aryl methyl sites for hydroxylation is 1. The summed E-state index contributed by atoms with van der Waals surface area (Å²) in [5, 5.41) is 5.20. The van der Waals surface area contributed by atoms with Gasteiger partial charge in [-0.1, -0.05) is 12.6 Å². The van der Waals surface area contributed by atoms with E-state index in [1.807, 2.05) is 34.6 Å². The van der Waals surface area contributed by atoms with Gasteiger partial charge in [0.1, 0.15) is 22.9 Å². The van der Waals surface area contributed by atoms with Crippen molar-refractivity contribution in [2.75, 3.05) is 57.6 Å². The smallest absolute Gasteiger partial charge is 0.355 e. The van der Waals surface area contributed by atoms with Crippen LogP contribution in [0.5, 0.6) is 0 Å². The number of halogens is 1. The van der Waals surface area contributed by atoms with Crippen LogP contribution in [0.15, 0.2) is 60.4 Å². The molecule has 0 spiro atoms. The van der Waals surface area contributed by atoms with E-state index >= 15 is 0 Å². The minimum absolute atomic E-state index is 0.134. The first kappa shape index (κ1) is 29.7. The Morgan fingerprint density at radius 3 is 2.58 bits per heavy atom. The van der Waals surface area contributed by atoms with Crippen molar-refractivity contribution in [2.24, 2.45) is 4.99 Å². The van der Waals surface area contributed by atoms with Crippen LogP contribution in [-0.4, -0.2) is 92.8 Å². The quantitative estimate of drug-likeness (QED) is 0.158. The fourth-order valence-electron chi connectivity index (χ4n) is 5.75. The Hall–Kier alpha value is -5.37. The number of benzene rings is 1. The number of aromatic nitrogens is 6. The highest BCUT2D eigenvalue weighted by Crippen LogP contribution is 2.31. The van der Waals surface area contributed by atoms with E-state index in [0.717, 1.165) is 0 Å². The van der Waals surface area contributed by atoms with Gasteiger partial charge in [-0.3, -0.25) is 9.88 Å². The lowest BCUT2D eigenvalue weighted by Crippen LogP contribution is -2.47. The number of hydrogen-bond acceptors (Lipinski definition) is 11. The maximum absolute atomic E-state index is 14.9. The van der Waals surface area contributed by atoms with E-state index in [0.29, 0.717) is 95.9 Å². The number of hydrogen-bond donors (Lipinski definition) is 1. The van der Waals surface area contributed by atoms with Gasteiger partial charge in [0.25, 0.3) is 0 Å². The summed E-state index contributed by atoms with van der Waals surface area (Å²) in [6.07, 6.45) is 3.05. The largest absolute Gasteiger partial charge is 0.481 e. The summed E-state index contributed by atoms with van der Waals surface area (Å²) >= 11 is 0. The number of nitrogens with two attached hydrogens (primary N) is 1. The maximum atomic E-state index is 14.9. The molecular formula is C31H33FN10O3. The molecule has 2 N–H and O–H groups in total. The standard InChI is InChI=1S/C31H33FN10O3/c1-5-34-29(44-3)20-9-10-21(32)23(18-20)40-15-12-39(13-16-40)14-17-41-25(30(43)45-4)19(2)24-27(41)37-31(33)42-28(24)36-26(38-42)22-8-6-7-11-35-22/h5-11,18H,1,12-17H2,2-4H3,(H2,33,37). The zero-order valence-electron chi connectivity index (χ0n) is 25.3. The van der Waals surface area contributed by atoms with Gasteiger partial charge in [0.05, 0.1) is 25.3 Å². The van der Waals surface area contributed by atoms with Gasteiger partial charge < -0.3 is 24.7 Å². The van der Waals surface area contributed by atoms with Gasteiger partial charge in [0.2, 0.25) is 17.7 Å². The van der Waals surface area contributed by atoms with Crippen LogP contribution < -0.4 is 10.6 Å². The lowest BCUT2D eigenvalue weighted by Gasteiger charge is -2.36. The van der Waals surface area contributed by atoms with E-state index in [2.05, 4.69) is 31.5 Å². The summed E-state index contributed by atoms with van der Waals surface area (Å²) in [5.41, 5.74) is 10.2. The van der Waals surface area contributed by atoms with Crippen molar-refractivity contribution in [3.05, 3.63) is 78.0 Å². The van der Waals surface area contributed by atoms with E-state index in [1.54, 1.807) is 18.3 Å². The Morgan fingerprint density at radius 2 is 1.89 bits per heavy atom. The minimum atomic E-state index is -0.484. The van der Waals surface area contributed by atoms with Crippen molar-refractivity contribution in [1.29, 1.82) is 0 Å². The summed E-state index contributed by atoms with van der Waals surface area (Å²) in [4.78, 5) is 35.2. The summed E-state index contributed by atoms with van der Waals surface area (Å²) in [6, 6.07) is 10.3. The lowest BCUT2D eigenvalue weighted by atomic mass is 10.1. The molecule has 13 nitrogen and oxygen atoms in total. The molecule has 232 valence electrons. The second-order valence-electron chi connectivity index (χ2n) is 10.5. The summed E-state index contributed by atoms with van der Waals surface area (Å²) < 4.78 is 28.7. The molecule has 1 aliphatic heterocycles. The number of ether oxygens (including phenoxy) is 2. The van der Waals surface area contributed by atoms with Crippen LogP contribution in [0, 0.1) is 12.7 Å². The van der Waals surface area contributed by atoms with Crippen LogP contribution >= 0.6 is 0 Å². The predicted molar refractivity (Wildman–Crippen MR) is 169 cm³/mol. The van der Waals surface area contributed by atoms with Crippen LogP contribution in [0.1, 0.15) is 21.6 Å². The van der Waals surface area contributed by atoms with Crippen LogP contribution in [0.2, 0.25) is 0 Å². The summed E-state index contributed by atoms with van der Waals surface area (Å²) in [6.45, 7) is 9.10. The number of esters is 1. The second kappa shape index (κ2) is 12.3. The van der Waals surface area contributed by atoms with E-state index in [4.69, 9.17) is 20.2 Å². The van der Waals surface area contributed by atoms with Gasteiger partial charge in [0.15, 0.2) is 5.65 Å². The molecule has 0 aliphatic carbocycles. The van der Waals surface area contributed by atoms with E-state index in [-0.39, 0.29) is 11.8 Å². The van der Waals surface area contributed by atoms with Gasteiger partial charge in [0, 0.05) is 57.2 Å². The highest BCUT2D eigenvalue weighted by Gasteiger charge is 2.27. The average Bonchev–Trinajstić information content (AvgIpc) is 3.63. The maximum Gasteiger partial charge on any atom is 0.355 e. The van der Waals surface area contributed by atoms with Crippen molar-refractivity contribution in [2.45, 2.75) is 13.5 Å². The Morgan fingerprint density at radius 1 is 1.09 bits per heavy atom. The minimum Gasteiger partial charge on any atom is -0.481 e. The number of fused-ring (bicyclic) bond motifs is 3. The molecule has 4 aromatic heterocycles. The highest BCUT2D eigenvalue weighted by atomic mass is 19.1. The van der Waals surface area contributed by atoms with Crippen molar-refractivity contribution in [3.63, 3.8) is 0 Å². The Bertz CT molecular complexity index is 1930. The molecule has 1 aromatic carbocycles. The third-order valence-electron chi connectivity index (χ3n) is 7.97. The van der Waals surface area contributed by atoms with Crippen LogP contribution in [0.25, 0.3) is 28.2 Å². The number of anilines is 2. The molecule has 6 rings (SSSR count). The van der Waals surface area contributed by atoms with Crippen LogP contribution in [0.4, 0.5) is 16.0 Å². The highest BCUT2D eigenvalue weighted by molar-refractivity contribution is 6.03. The number of aliphatic imine (C=N–C) groups is 1. The number of methoxy groups -OCH3 is 2. The molecular weight excluding hydrogens is 579 g/mol. The molecule has 0 unspecified atom stereocenters. The Balaban J connectivity index is 1.26. The van der Waals surface area contributed by atoms with Crippen LogP contribution in [0.3, 0.4) is 0 Å². The number of piperazine rings is 1. The van der Waals surface area contributed by atoms with Gasteiger partial charge in [-0.15, -0.1) is 5.10 Å². The molecule has 45 heavy (non-hydrogen) atoms. The number of carbonyl (C=O) groups is 1. The molecule has 14 heteroatoms. The van der Waals surface area contributed by atoms with Gasteiger partial charge in [-0.25, -0.2) is 19.2 Å². The summed E-state index contributed by atoms with van der Waals surface area (Å²) in [7, 11) is 2.87. The predicted octanol–water partition coefficient (Wildman–Crippen LogP) is 3.32. The average molecular weight is 613 g/mol. The summed E-state index contributed by atoms with van der Waals surface area (Å²) in [5.74, 6) is 0.103. The van der Waals surface area contributed by atoms with Crippen molar-refractivity contribution in [1.82, 2.24) is 34.0 Å². The molecule has 1 saturated heterocycles. The first-order chi connectivity index (χ1) is 21.8. The first-order valence-corrected chi connectivity index (χ1v) is 14.4. The molecule has 5 heterocycles. The van der Waals surface area contributed by atoms with E-state index < -0.39 is 5.97 Å². The number of pyridine rings is 1. The molecule has 5 aromatic rings. The number of rotatable bonds is 8. The normalized spacial score (nSPS) is 14.3. The molecule has 0 atom stereocenters. The van der Waals surface area contributed by atoms with Crippen molar-refractivity contribution in [3.8, 4) is 11.5 Å². The van der Waals surface area contributed by atoms with E-state index in [9.17, 15) is 9.18 Å². The number of carbonyl (C=O) groups excluding carboxylic acids is 1. The topological polar surface area (TPSA) is 141 Å². The van der Waals surface area contributed by atoms with Crippen LogP contribution in [-0.2, 0) is 16.0 Å². The first-order valence-electron chi connectivity index (χ1n) is 14.4. The SMILES string of the molecule is C=CN=C(OC)c1ccc(F)c(N2CCN(CCn3c(C(=O)OC)c(C)c4c3nc(N)n3nc(-c5ccccn5)nc43)CC2)c1. The van der Waals surface area contributed by atoms with Gasteiger partial charge in [-0.2, -0.15) is 9.50 Å². The molecule has 0 amide bonds. The molecule has 0 bridgehead atoms. The Labute approximate surface area is 258 Å². The lowest BCUT2D eigenvalue weighted by molar-refractivity contribution is 0.0587. The second-order valence-corrected chi connectivity index (χ2v) is 10.5. The molecule has 0 radical (unpaired) electrons. The fourth-order valence-corrected chi connectivity index (χ4v) is 5.75. The van der Waals surface area contributed by atoms with Crippen molar-refractivity contribution >= 4 is 40.2 Å². The fraction of sp³-hybridized carbons (Fsp3) is 0.290. The Kier molecular flexibility index (Phi) is 8.13. The third-order valence-corrected chi connectivity index (χ3v) is 7.97. The zero-order chi connectivity index (χ0) is 31.7. The van der Waals surface area contributed by atoms with E-state index in [1.165, 1.54) is 31.0 Å².